The van der Waals surface area contributed by atoms with Gasteiger partial charge in [-0.1, -0.05) is 47.0 Å². The first kappa shape index (κ1) is 16.4. The lowest BCUT2D eigenvalue weighted by molar-refractivity contribution is 0.0955. The zero-order chi connectivity index (χ0) is 17.1. The summed E-state index contributed by atoms with van der Waals surface area (Å²) in [5, 5.41) is 5.59. The molecule has 0 fully saturated rings. The minimum absolute atomic E-state index is 0.321. The molecule has 1 heterocycles. The molecule has 1 aromatic heterocycles. The van der Waals surface area contributed by atoms with E-state index in [-0.39, 0.29) is 0 Å². The topological polar surface area (TPSA) is 54.4 Å². The number of amides is 1. The predicted molar refractivity (Wildman–Crippen MR) is 98.0 cm³/mol. The second-order valence-electron chi connectivity index (χ2n) is 5.24. The van der Waals surface area contributed by atoms with E-state index in [1.54, 1.807) is 24.3 Å². The maximum atomic E-state index is 12.0. The van der Waals surface area contributed by atoms with Crippen LogP contribution in [0.2, 0.25) is 10.2 Å². The third-order valence-corrected chi connectivity index (χ3v) is 4.07. The summed E-state index contributed by atoms with van der Waals surface area (Å²) in [5.41, 5.74) is 5.35. The lowest BCUT2D eigenvalue weighted by Crippen LogP contribution is -2.18. The number of fused-ring (bicyclic) bond motifs is 1. The second-order valence-corrected chi connectivity index (χ2v) is 6.01. The van der Waals surface area contributed by atoms with E-state index in [0.29, 0.717) is 21.3 Å². The van der Waals surface area contributed by atoms with Crippen molar-refractivity contribution in [2.75, 3.05) is 0 Å². The Balaban J connectivity index is 1.81. The third kappa shape index (κ3) is 3.55. The van der Waals surface area contributed by atoms with Crippen LogP contribution in [0.3, 0.4) is 0 Å². The molecule has 3 rings (SSSR count). The van der Waals surface area contributed by atoms with Gasteiger partial charge in [-0.2, -0.15) is 5.10 Å². The molecule has 120 valence electrons. The molecule has 24 heavy (non-hydrogen) atoms. The van der Waals surface area contributed by atoms with Crippen LogP contribution in [-0.4, -0.2) is 17.1 Å². The molecule has 0 aliphatic carbocycles. The molecule has 0 saturated carbocycles. The molecule has 0 saturated heterocycles. The van der Waals surface area contributed by atoms with Gasteiger partial charge in [-0.25, -0.2) is 10.4 Å². The average molecular weight is 358 g/mol. The SMILES string of the molecule is Cc1ccc2nc(Cl)c(/C=N\NC(=O)c3ccccc3Cl)cc2c1. The Morgan fingerprint density at radius 1 is 1.17 bits per heavy atom. The van der Waals surface area contributed by atoms with Crippen LogP contribution < -0.4 is 5.43 Å². The summed E-state index contributed by atoms with van der Waals surface area (Å²) in [7, 11) is 0. The van der Waals surface area contributed by atoms with Crippen molar-refractivity contribution in [1.82, 2.24) is 10.4 Å². The Hall–Kier alpha value is -2.43. The number of carbonyl (C=O) groups excluding carboxylic acids is 1. The fraction of sp³-hybridized carbons (Fsp3) is 0.0556. The van der Waals surface area contributed by atoms with Crippen LogP contribution >= 0.6 is 23.2 Å². The smallest absolute Gasteiger partial charge is 0.267 e. The molecule has 1 N–H and O–H groups in total. The molecule has 0 aliphatic heterocycles. The van der Waals surface area contributed by atoms with Crippen LogP contribution in [-0.2, 0) is 0 Å². The van der Waals surface area contributed by atoms with Gasteiger partial charge in [0, 0.05) is 10.9 Å². The number of halogens is 2. The Labute approximate surface area is 149 Å². The van der Waals surface area contributed by atoms with Gasteiger partial charge in [-0.15, -0.1) is 0 Å². The highest BCUT2D eigenvalue weighted by molar-refractivity contribution is 6.34. The van der Waals surface area contributed by atoms with E-state index in [1.807, 2.05) is 31.2 Å². The molecule has 6 heteroatoms. The lowest BCUT2D eigenvalue weighted by Gasteiger charge is -2.04. The molecule has 0 radical (unpaired) electrons. The summed E-state index contributed by atoms with van der Waals surface area (Å²) in [5.74, 6) is -0.391. The van der Waals surface area contributed by atoms with Crippen LogP contribution in [0.15, 0.2) is 53.6 Å². The average Bonchev–Trinajstić information content (AvgIpc) is 2.56. The number of nitrogens with one attached hydrogen (secondary N) is 1. The zero-order valence-corrected chi connectivity index (χ0v) is 14.3. The lowest BCUT2D eigenvalue weighted by atomic mass is 10.1. The van der Waals surface area contributed by atoms with Gasteiger partial charge < -0.3 is 0 Å². The Kier molecular flexibility index (Phi) is 4.79. The van der Waals surface area contributed by atoms with Gasteiger partial charge in [0.1, 0.15) is 5.15 Å². The van der Waals surface area contributed by atoms with E-state index in [1.165, 1.54) is 6.21 Å². The van der Waals surface area contributed by atoms with Gasteiger partial charge in [-0.05, 0) is 37.3 Å². The monoisotopic (exact) mass is 357 g/mol. The van der Waals surface area contributed by atoms with E-state index in [2.05, 4.69) is 15.5 Å². The van der Waals surface area contributed by atoms with Crippen LogP contribution in [0, 0.1) is 6.92 Å². The van der Waals surface area contributed by atoms with E-state index in [9.17, 15) is 4.79 Å². The first-order valence-electron chi connectivity index (χ1n) is 7.19. The van der Waals surface area contributed by atoms with E-state index >= 15 is 0 Å². The Morgan fingerprint density at radius 3 is 2.75 bits per heavy atom. The van der Waals surface area contributed by atoms with Crippen molar-refractivity contribution >= 4 is 46.2 Å². The van der Waals surface area contributed by atoms with Gasteiger partial charge in [0.15, 0.2) is 0 Å². The normalized spacial score (nSPS) is 11.1. The summed E-state index contributed by atoms with van der Waals surface area (Å²) in [6.07, 6.45) is 1.46. The molecule has 3 aromatic rings. The summed E-state index contributed by atoms with van der Waals surface area (Å²) in [6.45, 7) is 2.01. The van der Waals surface area contributed by atoms with Crippen molar-refractivity contribution in [1.29, 1.82) is 0 Å². The number of nitrogens with zero attached hydrogens (tertiary/aromatic N) is 2. The molecular formula is C18H13Cl2N3O. The number of pyridine rings is 1. The summed E-state index contributed by atoms with van der Waals surface area (Å²) >= 11 is 12.1. The first-order valence-corrected chi connectivity index (χ1v) is 7.95. The number of rotatable bonds is 3. The highest BCUT2D eigenvalue weighted by atomic mass is 35.5. The van der Waals surface area contributed by atoms with Crippen LogP contribution in [0.5, 0.6) is 0 Å². The maximum absolute atomic E-state index is 12.0. The number of carbonyl (C=O) groups is 1. The van der Waals surface area contributed by atoms with Crippen LogP contribution in [0.1, 0.15) is 21.5 Å². The fourth-order valence-electron chi connectivity index (χ4n) is 2.25. The summed E-state index contributed by atoms with van der Waals surface area (Å²) in [6, 6.07) is 14.5. The van der Waals surface area contributed by atoms with Crippen molar-refractivity contribution in [3.05, 3.63) is 75.4 Å². The molecular weight excluding hydrogens is 345 g/mol. The van der Waals surface area contributed by atoms with Crippen LogP contribution in [0.25, 0.3) is 10.9 Å². The number of hydrazone groups is 1. The van der Waals surface area contributed by atoms with E-state index in [4.69, 9.17) is 23.2 Å². The highest BCUT2D eigenvalue weighted by Gasteiger charge is 2.08. The number of hydrogen-bond acceptors (Lipinski definition) is 3. The van der Waals surface area contributed by atoms with Gasteiger partial charge >= 0.3 is 0 Å². The Bertz CT molecular complexity index is 954. The first-order chi connectivity index (χ1) is 11.5. The molecule has 4 nitrogen and oxygen atoms in total. The molecule has 2 aromatic carbocycles. The second kappa shape index (κ2) is 6.99. The van der Waals surface area contributed by atoms with Crippen molar-refractivity contribution in [2.24, 2.45) is 5.10 Å². The van der Waals surface area contributed by atoms with Crippen molar-refractivity contribution in [3.63, 3.8) is 0 Å². The number of benzene rings is 2. The largest absolute Gasteiger partial charge is 0.272 e. The summed E-state index contributed by atoms with van der Waals surface area (Å²) in [4.78, 5) is 16.4. The minimum atomic E-state index is -0.391. The fourth-order valence-corrected chi connectivity index (χ4v) is 2.66. The highest BCUT2D eigenvalue weighted by Crippen LogP contribution is 2.20. The molecule has 0 atom stereocenters. The zero-order valence-electron chi connectivity index (χ0n) is 12.8. The van der Waals surface area contributed by atoms with E-state index in [0.717, 1.165) is 16.5 Å². The van der Waals surface area contributed by atoms with Gasteiger partial charge in [0.25, 0.3) is 5.91 Å². The minimum Gasteiger partial charge on any atom is -0.267 e. The van der Waals surface area contributed by atoms with E-state index < -0.39 is 5.91 Å². The predicted octanol–water partition coefficient (Wildman–Crippen LogP) is 4.61. The molecule has 0 spiro atoms. The van der Waals surface area contributed by atoms with Crippen molar-refractivity contribution in [2.45, 2.75) is 6.92 Å². The number of hydrogen-bond donors (Lipinski definition) is 1. The van der Waals surface area contributed by atoms with Crippen molar-refractivity contribution < 1.29 is 4.79 Å². The standard InChI is InChI=1S/C18H13Cl2N3O/c1-11-6-7-16-12(8-11)9-13(17(20)22-16)10-21-23-18(24)14-4-2-3-5-15(14)19/h2-10H,1H3,(H,23,24)/b21-10-. The molecule has 1 amide bonds. The van der Waals surface area contributed by atoms with Crippen molar-refractivity contribution in [3.8, 4) is 0 Å². The molecule has 0 aliphatic rings. The number of aryl methyl sites for hydroxylation is 1. The molecule has 0 bridgehead atoms. The van der Waals surface area contributed by atoms with Crippen LogP contribution in [0.4, 0.5) is 0 Å². The Morgan fingerprint density at radius 2 is 1.96 bits per heavy atom. The maximum Gasteiger partial charge on any atom is 0.272 e. The van der Waals surface area contributed by atoms with Gasteiger partial charge in [0.05, 0.1) is 22.3 Å². The van der Waals surface area contributed by atoms with Gasteiger partial charge in [0.2, 0.25) is 0 Å². The number of aromatic nitrogens is 1. The summed E-state index contributed by atoms with van der Waals surface area (Å²) < 4.78 is 0. The third-order valence-electron chi connectivity index (χ3n) is 3.44. The van der Waals surface area contributed by atoms with Gasteiger partial charge in [-0.3, -0.25) is 4.79 Å². The molecule has 0 unspecified atom stereocenters. The quantitative estimate of drug-likeness (QED) is 0.422.